The Morgan fingerprint density at radius 2 is 2.27 bits per heavy atom. The molecule has 2 aliphatic rings. The molecule has 0 aromatic rings. The summed E-state index contributed by atoms with van der Waals surface area (Å²) in [6, 6.07) is 1.70. The second kappa shape index (κ2) is 2.48. The molecule has 1 heteroatoms. The first-order valence-corrected chi connectivity index (χ1v) is 4.99. The van der Waals surface area contributed by atoms with Crippen molar-refractivity contribution in [2.24, 2.45) is 11.8 Å². The molecule has 0 bridgehead atoms. The molecule has 1 nitrogen and oxygen atoms in total. The third-order valence-corrected chi connectivity index (χ3v) is 3.72. The van der Waals surface area contributed by atoms with E-state index in [0.717, 1.165) is 23.9 Å². The predicted molar refractivity (Wildman–Crippen MR) is 47.5 cm³/mol. The van der Waals surface area contributed by atoms with Gasteiger partial charge >= 0.3 is 0 Å². The third kappa shape index (κ3) is 1.10. The molecule has 0 spiro atoms. The minimum Gasteiger partial charge on any atom is -0.297 e. The summed E-state index contributed by atoms with van der Waals surface area (Å²) in [4.78, 5) is 2.69. The van der Waals surface area contributed by atoms with Crippen LogP contribution in [0.5, 0.6) is 0 Å². The topological polar surface area (TPSA) is 3.24 Å². The van der Waals surface area contributed by atoms with Crippen LogP contribution in [-0.4, -0.2) is 23.5 Å². The van der Waals surface area contributed by atoms with Gasteiger partial charge in [0.1, 0.15) is 0 Å². The normalized spacial score (nSPS) is 45.5. The van der Waals surface area contributed by atoms with Gasteiger partial charge in [-0.2, -0.15) is 0 Å². The highest BCUT2D eigenvalue weighted by Crippen LogP contribution is 2.49. The Morgan fingerprint density at radius 3 is 2.73 bits per heavy atom. The van der Waals surface area contributed by atoms with Crippen molar-refractivity contribution < 1.29 is 0 Å². The van der Waals surface area contributed by atoms with Crippen LogP contribution in [0.1, 0.15) is 33.6 Å². The minimum atomic E-state index is 0.817. The van der Waals surface area contributed by atoms with Crippen molar-refractivity contribution in [2.45, 2.75) is 45.7 Å². The van der Waals surface area contributed by atoms with Gasteiger partial charge in [0, 0.05) is 18.6 Å². The number of fused-ring (bicyclic) bond motifs is 1. The third-order valence-electron chi connectivity index (χ3n) is 3.72. The van der Waals surface area contributed by atoms with Gasteiger partial charge in [-0.25, -0.2) is 0 Å². The van der Waals surface area contributed by atoms with Crippen molar-refractivity contribution in [3.8, 4) is 0 Å². The van der Waals surface area contributed by atoms with Crippen molar-refractivity contribution in [3.05, 3.63) is 0 Å². The van der Waals surface area contributed by atoms with E-state index in [2.05, 4.69) is 25.7 Å². The molecule has 1 saturated carbocycles. The van der Waals surface area contributed by atoms with Crippen LogP contribution >= 0.6 is 0 Å². The molecule has 2 fully saturated rings. The summed E-state index contributed by atoms with van der Waals surface area (Å²) >= 11 is 0. The maximum absolute atomic E-state index is 2.69. The molecule has 4 unspecified atom stereocenters. The van der Waals surface area contributed by atoms with Crippen molar-refractivity contribution in [3.63, 3.8) is 0 Å². The summed E-state index contributed by atoms with van der Waals surface area (Å²) in [5.74, 6) is 2.16. The molecule has 1 heterocycles. The zero-order valence-electron chi connectivity index (χ0n) is 7.88. The van der Waals surface area contributed by atoms with E-state index in [1.807, 2.05) is 0 Å². The number of hydrogen-bond acceptors (Lipinski definition) is 1. The Bertz CT molecular complexity index is 155. The fourth-order valence-corrected chi connectivity index (χ4v) is 2.57. The lowest BCUT2D eigenvalue weighted by Gasteiger charge is -2.29. The number of hydrogen-bond donors (Lipinski definition) is 0. The van der Waals surface area contributed by atoms with Crippen LogP contribution in [0.2, 0.25) is 0 Å². The van der Waals surface area contributed by atoms with Gasteiger partial charge in [0.05, 0.1) is 0 Å². The van der Waals surface area contributed by atoms with Gasteiger partial charge in [-0.15, -0.1) is 0 Å². The molecule has 0 radical (unpaired) electrons. The molecular weight excluding hydrogens is 134 g/mol. The van der Waals surface area contributed by atoms with Crippen molar-refractivity contribution >= 4 is 0 Å². The summed E-state index contributed by atoms with van der Waals surface area (Å²) in [7, 11) is 0. The van der Waals surface area contributed by atoms with Crippen LogP contribution in [0.25, 0.3) is 0 Å². The Hall–Kier alpha value is -0.0400. The minimum absolute atomic E-state index is 0.817. The molecule has 11 heavy (non-hydrogen) atoms. The summed E-state index contributed by atoms with van der Waals surface area (Å²) in [5, 5.41) is 0. The van der Waals surface area contributed by atoms with Gasteiger partial charge in [0.15, 0.2) is 0 Å². The summed E-state index contributed by atoms with van der Waals surface area (Å²) < 4.78 is 0. The first kappa shape index (κ1) is 7.60. The van der Waals surface area contributed by atoms with Crippen molar-refractivity contribution in [1.82, 2.24) is 4.90 Å². The SMILES string of the molecule is CCC(C)N1CC2CC2C1C. The van der Waals surface area contributed by atoms with Gasteiger partial charge < -0.3 is 0 Å². The van der Waals surface area contributed by atoms with Gasteiger partial charge in [-0.1, -0.05) is 6.92 Å². The molecular formula is C10H19N. The Kier molecular flexibility index (Phi) is 1.71. The second-order valence-electron chi connectivity index (χ2n) is 4.35. The largest absolute Gasteiger partial charge is 0.297 e. The van der Waals surface area contributed by atoms with Gasteiger partial charge in [0.25, 0.3) is 0 Å². The fraction of sp³-hybridized carbons (Fsp3) is 1.00. The maximum atomic E-state index is 2.69. The lowest BCUT2D eigenvalue weighted by atomic mass is 10.1. The average Bonchev–Trinajstić information content (AvgIpc) is 2.71. The number of likely N-dealkylation sites (tertiary alicyclic amines) is 1. The smallest absolute Gasteiger partial charge is 0.0101 e. The van der Waals surface area contributed by atoms with E-state index in [4.69, 9.17) is 0 Å². The first-order chi connectivity index (χ1) is 5.24. The summed E-state index contributed by atoms with van der Waals surface area (Å²) in [5.41, 5.74) is 0. The van der Waals surface area contributed by atoms with Gasteiger partial charge in [0.2, 0.25) is 0 Å². The number of nitrogens with zero attached hydrogens (tertiary/aromatic N) is 1. The quantitative estimate of drug-likeness (QED) is 0.587. The van der Waals surface area contributed by atoms with E-state index in [9.17, 15) is 0 Å². The number of piperidine rings is 1. The Balaban J connectivity index is 1.95. The van der Waals surface area contributed by atoms with E-state index < -0.39 is 0 Å². The molecule has 2 rings (SSSR count). The highest BCUT2D eigenvalue weighted by Gasteiger charge is 2.50. The van der Waals surface area contributed by atoms with Crippen LogP contribution < -0.4 is 0 Å². The zero-order chi connectivity index (χ0) is 8.01. The second-order valence-corrected chi connectivity index (χ2v) is 4.35. The molecule has 1 saturated heterocycles. The molecule has 0 aromatic heterocycles. The maximum Gasteiger partial charge on any atom is 0.0101 e. The molecule has 1 aliphatic heterocycles. The summed E-state index contributed by atoms with van der Waals surface area (Å²) in [6.45, 7) is 8.45. The fourth-order valence-electron chi connectivity index (χ4n) is 2.57. The highest BCUT2D eigenvalue weighted by molar-refractivity contribution is 5.03. The molecule has 1 aliphatic carbocycles. The number of rotatable bonds is 2. The van der Waals surface area contributed by atoms with Crippen LogP contribution in [0, 0.1) is 11.8 Å². The lowest BCUT2D eigenvalue weighted by Crippen LogP contribution is -2.37. The van der Waals surface area contributed by atoms with Crippen molar-refractivity contribution in [2.75, 3.05) is 6.54 Å². The van der Waals surface area contributed by atoms with E-state index in [0.29, 0.717) is 0 Å². The Labute approximate surface area is 69.8 Å². The van der Waals surface area contributed by atoms with Gasteiger partial charge in [-0.05, 0) is 38.5 Å². The van der Waals surface area contributed by atoms with Crippen molar-refractivity contribution in [1.29, 1.82) is 0 Å². The van der Waals surface area contributed by atoms with Crippen LogP contribution in [0.3, 0.4) is 0 Å². The van der Waals surface area contributed by atoms with Crippen LogP contribution in [0.4, 0.5) is 0 Å². The summed E-state index contributed by atoms with van der Waals surface area (Å²) in [6.07, 6.45) is 2.83. The monoisotopic (exact) mass is 153 g/mol. The average molecular weight is 153 g/mol. The zero-order valence-corrected chi connectivity index (χ0v) is 7.88. The van der Waals surface area contributed by atoms with E-state index in [1.165, 1.54) is 19.4 Å². The molecule has 4 atom stereocenters. The molecule has 0 aromatic carbocycles. The van der Waals surface area contributed by atoms with Crippen LogP contribution in [0.15, 0.2) is 0 Å². The van der Waals surface area contributed by atoms with Gasteiger partial charge in [-0.3, -0.25) is 4.90 Å². The first-order valence-electron chi connectivity index (χ1n) is 4.99. The predicted octanol–water partition coefficient (Wildman–Crippen LogP) is 2.13. The van der Waals surface area contributed by atoms with E-state index >= 15 is 0 Å². The highest BCUT2D eigenvalue weighted by atomic mass is 15.2. The van der Waals surface area contributed by atoms with E-state index in [-0.39, 0.29) is 0 Å². The standard InChI is InChI=1S/C10H19N/c1-4-7(2)11-6-9-5-10(9)8(11)3/h7-10H,4-6H2,1-3H3. The van der Waals surface area contributed by atoms with E-state index in [1.54, 1.807) is 0 Å². The molecule has 64 valence electrons. The lowest BCUT2D eigenvalue weighted by molar-refractivity contribution is 0.171. The molecule has 0 N–H and O–H groups in total. The van der Waals surface area contributed by atoms with Crippen LogP contribution in [-0.2, 0) is 0 Å². The Morgan fingerprint density at radius 1 is 1.55 bits per heavy atom. The molecule has 0 amide bonds.